The third kappa shape index (κ3) is 3.56. The molecule has 0 saturated carbocycles. The zero-order chi connectivity index (χ0) is 18.1. The van der Waals surface area contributed by atoms with Crippen molar-refractivity contribution in [2.45, 2.75) is 20.0 Å². The van der Waals surface area contributed by atoms with Gasteiger partial charge in [0.05, 0.1) is 10.5 Å². The molecule has 1 aromatic heterocycles. The zero-order valence-electron chi connectivity index (χ0n) is 13.6. The molecule has 2 aromatic carbocycles. The van der Waals surface area contributed by atoms with Crippen LogP contribution in [0.5, 0.6) is 5.75 Å². The van der Waals surface area contributed by atoms with Gasteiger partial charge in [0.15, 0.2) is 6.10 Å². The van der Waals surface area contributed by atoms with Crippen molar-refractivity contribution in [3.63, 3.8) is 0 Å². The molecule has 0 aliphatic rings. The first kappa shape index (κ1) is 17.2. The zero-order valence-corrected chi connectivity index (χ0v) is 14.3. The molecule has 1 atom stereocenters. The predicted molar refractivity (Wildman–Crippen MR) is 94.6 cm³/mol. The molecule has 0 fully saturated rings. The molecule has 1 N–H and O–H groups in total. The highest BCUT2D eigenvalue weighted by molar-refractivity contribution is 6.33. The second-order valence-electron chi connectivity index (χ2n) is 5.71. The monoisotopic (exact) mass is 359 g/mol. The van der Waals surface area contributed by atoms with E-state index < -0.39 is 17.9 Å². The van der Waals surface area contributed by atoms with E-state index in [1.54, 1.807) is 24.3 Å². The Morgan fingerprint density at radius 2 is 1.96 bits per heavy atom. The fraction of sp³-hybridized carbons (Fsp3) is 0.158. The topological polar surface area (TPSA) is 59.4 Å². The van der Waals surface area contributed by atoms with Crippen molar-refractivity contribution in [1.82, 2.24) is 4.98 Å². The number of rotatable bonds is 4. The summed E-state index contributed by atoms with van der Waals surface area (Å²) in [4.78, 5) is 15.4. The number of aromatic nitrogens is 1. The van der Waals surface area contributed by atoms with E-state index in [4.69, 9.17) is 21.4 Å². The van der Waals surface area contributed by atoms with Gasteiger partial charge in [-0.15, -0.1) is 0 Å². The van der Waals surface area contributed by atoms with Crippen LogP contribution in [0.2, 0.25) is 5.02 Å². The Kier molecular flexibility index (Phi) is 4.59. The lowest BCUT2D eigenvalue weighted by Gasteiger charge is -2.13. The summed E-state index contributed by atoms with van der Waals surface area (Å²) in [6.45, 7) is 3.30. The van der Waals surface area contributed by atoms with Crippen LogP contribution in [0.3, 0.4) is 0 Å². The number of carboxylic acids is 1. The second kappa shape index (κ2) is 6.69. The highest BCUT2D eigenvalue weighted by atomic mass is 35.5. The highest BCUT2D eigenvalue weighted by Crippen LogP contribution is 2.35. The van der Waals surface area contributed by atoms with Gasteiger partial charge in [-0.25, -0.2) is 9.18 Å². The molecule has 3 aromatic rings. The summed E-state index contributed by atoms with van der Waals surface area (Å²) in [5.41, 5.74) is 2.92. The number of fused-ring (bicyclic) bond motifs is 1. The van der Waals surface area contributed by atoms with Crippen LogP contribution in [-0.4, -0.2) is 22.2 Å². The first-order valence-electron chi connectivity index (χ1n) is 7.61. The molecule has 0 aliphatic carbocycles. The molecule has 3 rings (SSSR count). The van der Waals surface area contributed by atoms with E-state index in [0.717, 1.165) is 16.6 Å². The van der Waals surface area contributed by atoms with E-state index in [1.807, 2.05) is 13.0 Å². The van der Waals surface area contributed by atoms with Gasteiger partial charge in [0.2, 0.25) is 0 Å². The Morgan fingerprint density at radius 3 is 2.64 bits per heavy atom. The number of halogens is 2. The summed E-state index contributed by atoms with van der Waals surface area (Å²) in [5.74, 6) is -1.03. The van der Waals surface area contributed by atoms with Crippen LogP contribution in [0.25, 0.3) is 22.0 Å². The average molecular weight is 360 g/mol. The van der Waals surface area contributed by atoms with Gasteiger partial charge in [0, 0.05) is 22.7 Å². The number of carbonyl (C=O) groups is 1. The Balaban J connectivity index is 2.13. The lowest BCUT2D eigenvalue weighted by molar-refractivity contribution is -0.144. The molecular formula is C19H15ClFNO3. The van der Waals surface area contributed by atoms with Crippen molar-refractivity contribution in [3.05, 3.63) is 59.0 Å². The fourth-order valence-electron chi connectivity index (χ4n) is 2.60. The van der Waals surface area contributed by atoms with Gasteiger partial charge < -0.3 is 9.84 Å². The fourth-order valence-corrected chi connectivity index (χ4v) is 2.87. The van der Waals surface area contributed by atoms with Crippen LogP contribution in [0.15, 0.2) is 42.5 Å². The number of pyridine rings is 1. The van der Waals surface area contributed by atoms with Crippen LogP contribution >= 0.6 is 11.6 Å². The molecule has 6 heteroatoms. The van der Waals surface area contributed by atoms with Crippen molar-refractivity contribution < 1.29 is 19.0 Å². The van der Waals surface area contributed by atoms with Gasteiger partial charge >= 0.3 is 5.97 Å². The third-order valence-electron chi connectivity index (χ3n) is 3.79. The maximum absolute atomic E-state index is 13.3. The summed E-state index contributed by atoms with van der Waals surface area (Å²) in [5, 5.41) is 10.1. The Hall–Kier alpha value is -2.66. The van der Waals surface area contributed by atoms with Gasteiger partial charge in [-0.2, -0.15) is 0 Å². The molecule has 0 aliphatic heterocycles. The van der Waals surface area contributed by atoms with Crippen LogP contribution in [0, 0.1) is 12.7 Å². The van der Waals surface area contributed by atoms with Gasteiger partial charge in [0.25, 0.3) is 0 Å². The molecule has 1 heterocycles. The smallest absolute Gasteiger partial charge is 0.344 e. The summed E-state index contributed by atoms with van der Waals surface area (Å²) < 4.78 is 18.7. The predicted octanol–water partition coefficient (Wildman–Crippen LogP) is 4.85. The van der Waals surface area contributed by atoms with Crippen molar-refractivity contribution in [2.24, 2.45) is 0 Å². The molecule has 0 spiro atoms. The van der Waals surface area contributed by atoms with E-state index in [2.05, 4.69) is 4.98 Å². The summed E-state index contributed by atoms with van der Waals surface area (Å²) in [7, 11) is 0. The van der Waals surface area contributed by atoms with Crippen LogP contribution in [0.1, 0.15) is 12.6 Å². The van der Waals surface area contributed by atoms with Gasteiger partial charge in [-0.3, -0.25) is 4.98 Å². The number of benzene rings is 2. The molecule has 128 valence electrons. The van der Waals surface area contributed by atoms with Gasteiger partial charge in [0.1, 0.15) is 11.6 Å². The summed E-state index contributed by atoms with van der Waals surface area (Å²) in [6, 6.07) is 11.3. The van der Waals surface area contributed by atoms with Gasteiger partial charge in [-0.05, 0) is 55.8 Å². The van der Waals surface area contributed by atoms with E-state index in [1.165, 1.54) is 19.1 Å². The number of nitrogens with zero attached hydrogens (tertiary/aromatic N) is 1. The summed E-state index contributed by atoms with van der Waals surface area (Å²) in [6.07, 6.45) is -0.965. The number of aryl methyl sites for hydroxylation is 1. The highest BCUT2D eigenvalue weighted by Gasteiger charge is 2.15. The normalized spacial score (nSPS) is 12.2. The standard InChI is InChI=1S/C19H15ClFNO3/c1-10-7-16(14-5-3-12(21)8-17(14)20)15-6-4-13(9-18(15)22-10)25-11(2)19(23)24/h3-9,11H,1-2H3,(H,23,24). The number of hydrogen-bond acceptors (Lipinski definition) is 3. The molecular weight excluding hydrogens is 345 g/mol. The minimum Gasteiger partial charge on any atom is -0.479 e. The molecule has 4 nitrogen and oxygen atoms in total. The van der Waals surface area contributed by atoms with Crippen molar-refractivity contribution >= 4 is 28.5 Å². The first-order chi connectivity index (χ1) is 11.8. The number of aliphatic carboxylic acids is 1. The minimum absolute atomic E-state index is 0.312. The molecule has 0 bridgehead atoms. The summed E-state index contributed by atoms with van der Waals surface area (Å²) >= 11 is 6.20. The van der Waals surface area contributed by atoms with Crippen LogP contribution < -0.4 is 4.74 Å². The van der Waals surface area contributed by atoms with Gasteiger partial charge in [-0.1, -0.05) is 11.6 Å². The van der Waals surface area contributed by atoms with Crippen LogP contribution in [-0.2, 0) is 4.79 Å². The number of ether oxygens (including phenoxy) is 1. The van der Waals surface area contributed by atoms with E-state index in [9.17, 15) is 9.18 Å². The molecule has 0 saturated heterocycles. The maximum atomic E-state index is 13.3. The lowest BCUT2D eigenvalue weighted by atomic mass is 10.00. The van der Waals surface area contributed by atoms with E-state index in [0.29, 0.717) is 21.9 Å². The van der Waals surface area contributed by atoms with E-state index in [-0.39, 0.29) is 0 Å². The van der Waals surface area contributed by atoms with Crippen molar-refractivity contribution in [2.75, 3.05) is 0 Å². The number of hydrogen-bond donors (Lipinski definition) is 1. The molecule has 0 radical (unpaired) electrons. The SMILES string of the molecule is Cc1cc(-c2ccc(F)cc2Cl)c2ccc(OC(C)C(=O)O)cc2n1. The Bertz CT molecular complexity index is 974. The molecule has 0 amide bonds. The largest absolute Gasteiger partial charge is 0.479 e. The maximum Gasteiger partial charge on any atom is 0.344 e. The Morgan fingerprint density at radius 1 is 1.20 bits per heavy atom. The van der Waals surface area contributed by atoms with Crippen molar-refractivity contribution in [3.8, 4) is 16.9 Å². The second-order valence-corrected chi connectivity index (χ2v) is 6.12. The van der Waals surface area contributed by atoms with E-state index >= 15 is 0 Å². The van der Waals surface area contributed by atoms with Crippen LogP contribution in [0.4, 0.5) is 4.39 Å². The Labute approximate surface area is 148 Å². The van der Waals surface area contributed by atoms with Crippen molar-refractivity contribution in [1.29, 1.82) is 0 Å². The first-order valence-corrected chi connectivity index (χ1v) is 7.99. The quantitative estimate of drug-likeness (QED) is 0.723. The average Bonchev–Trinajstić information content (AvgIpc) is 2.53. The third-order valence-corrected chi connectivity index (χ3v) is 4.10. The lowest BCUT2D eigenvalue weighted by Crippen LogP contribution is -2.22. The molecule has 1 unspecified atom stereocenters. The minimum atomic E-state index is -1.05. The number of carboxylic acid groups (broad SMARTS) is 1. The molecule has 25 heavy (non-hydrogen) atoms.